The fourth-order valence-electron chi connectivity index (χ4n) is 5.28. The third-order valence-corrected chi connectivity index (χ3v) is 8.57. The van der Waals surface area contributed by atoms with Crippen molar-refractivity contribution in [2.75, 3.05) is 37.6 Å². The predicted octanol–water partition coefficient (Wildman–Crippen LogP) is 4.17. The Labute approximate surface area is 214 Å². The molecule has 4 heterocycles. The number of imidazole rings is 1. The molecular weight excluding hydrogens is 470 g/mol. The highest BCUT2D eigenvalue weighted by Crippen LogP contribution is 2.33. The first-order valence-electron chi connectivity index (χ1n) is 12.4. The van der Waals surface area contributed by atoms with Crippen LogP contribution in [-0.4, -0.2) is 63.9 Å². The van der Waals surface area contributed by atoms with Crippen molar-refractivity contribution in [1.29, 1.82) is 0 Å². The molecule has 184 valence electrons. The van der Waals surface area contributed by atoms with E-state index in [1.54, 1.807) is 18.3 Å². The van der Waals surface area contributed by atoms with Gasteiger partial charge in [0.15, 0.2) is 0 Å². The fraction of sp³-hybridized carbons (Fsp3) is 0.321. The Balaban J connectivity index is 1.20. The second kappa shape index (κ2) is 9.09. The SMILES string of the molecule is CC(=O)N1CCN(C(=O)c2cc3c(s2)CCN(c2cccc(-c4nc5ccccc5n4C)c2)C3)CC1. The van der Waals surface area contributed by atoms with Crippen molar-refractivity contribution in [3.63, 3.8) is 0 Å². The highest BCUT2D eigenvalue weighted by Gasteiger charge is 2.27. The summed E-state index contributed by atoms with van der Waals surface area (Å²) in [6.07, 6.45) is 0.932. The number of amides is 2. The second-order valence-electron chi connectivity index (χ2n) is 9.56. The summed E-state index contributed by atoms with van der Waals surface area (Å²) in [6.45, 7) is 5.73. The van der Waals surface area contributed by atoms with Crippen LogP contribution in [0.1, 0.15) is 27.0 Å². The Morgan fingerprint density at radius 2 is 1.69 bits per heavy atom. The van der Waals surface area contributed by atoms with E-state index in [0.29, 0.717) is 26.2 Å². The first kappa shape index (κ1) is 22.8. The zero-order valence-corrected chi connectivity index (χ0v) is 21.4. The van der Waals surface area contributed by atoms with Crippen LogP contribution in [0, 0.1) is 0 Å². The van der Waals surface area contributed by atoms with Gasteiger partial charge in [-0.2, -0.15) is 0 Å². The highest BCUT2D eigenvalue weighted by atomic mass is 32.1. The predicted molar refractivity (Wildman–Crippen MR) is 143 cm³/mol. The topological polar surface area (TPSA) is 61.7 Å². The lowest BCUT2D eigenvalue weighted by atomic mass is 10.1. The summed E-state index contributed by atoms with van der Waals surface area (Å²) in [4.78, 5) is 37.8. The van der Waals surface area contributed by atoms with Crippen molar-refractivity contribution < 1.29 is 9.59 Å². The van der Waals surface area contributed by atoms with Crippen molar-refractivity contribution in [3.05, 3.63) is 69.9 Å². The number of hydrogen-bond donors (Lipinski definition) is 0. The van der Waals surface area contributed by atoms with Crippen LogP contribution >= 0.6 is 11.3 Å². The van der Waals surface area contributed by atoms with E-state index in [9.17, 15) is 9.59 Å². The van der Waals surface area contributed by atoms with E-state index in [-0.39, 0.29) is 11.8 Å². The van der Waals surface area contributed by atoms with Crippen LogP contribution in [0.4, 0.5) is 5.69 Å². The van der Waals surface area contributed by atoms with Gasteiger partial charge in [0.2, 0.25) is 5.91 Å². The van der Waals surface area contributed by atoms with Gasteiger partial charge in [-0.25, -0.2) is 4.98 Å². The number of carbonyl (C=O) groups excluding carboxylic acids is 2. The minimum absolute atomic E-state index is 0.0778. The monoisotopic (exact) mass is 499 g/mol. The zero-order valence-electron chi connectivity index (χ0n) is 20.6. The lowest BCUT2D eigenvalue weighted by Crippen LogP contribution is -2.49. The molecule has 4 aromatic rings. The minimum atomic E-state index is 0.0778. The van der Waals surface area contributed by atoms with Gasteiger partial charge in [-0.15, -0.1) is 11.3 Å². The Bertz CT molecular complexity index is 1460. The lowest BCUT2D eigenvalue weighted by Gasteiger charge is -2.33. The molecule has 0 saturated carbocycles. The number of thiophene rings is 1. The molecule has 36 heavy (non-hydrogen) atoms. The van der Waals surface area contributed by atoms with E-state index in [4.69, 9.17) is 4.98 Å². The number of rotatable bonds is 3. The lowest BCUT2D eigenvalue weighted by molar-refractivity contribution is -0.130. The van der Waals surface area contributed by atoms with Gasteiger partial charge in [-0.3, -0.25) is 9.59 Å². The van der Waals surface area contributed by atoms with Gasteiger partial charge in [0.1, 0.15) is 5.82 Å². The van der Waals surface area contributed by atoms with Crippen molar-refractivity contribution >= 4 is 39.9 Å². The van der Waals surface area contributed by atoms with Gasteiger partial charge in [-0.05, 0) is 42.3 Å². The molecule has 6 rings (SSSR count). The van der Waals surface area contributed by atoms with E-state index in [0.717, 1.165) is 46.8 Å². The van der Waals surface area contributed by atoms with Gasteiger partial charge < -0.3 is 19.3 Å². The zero-order chi connectivity index (χ0) is 24.8. The molecule has 1 saturated heterocycles. The third-order valence-electron chi connectivity index (χ3n) is 7.35. The van der Waals surface area contributed by atoms with Crippen LogP contribution in [0.2, 0.25) is 0 Å². The molecule has 2 amide bonds. The maximum atomic E-state index is 13.2. The molecule has 2 aromatic carbocycles. The molecular formula is C28H29N5O2S. The molecule has 0 spiro atoms. The van der Waals surface area contributed by atoms with E-state index in [1.165, 1.54) is 16.1 Å². The molecule has 0 radical (unpaired) electrons. The molecule has 1 fully saturated rings. The number of piperazine rings is 1. The summed E-state index contributed by atoms with van der Waals surface area (Å²) >= 11 is 1.63. The van der Waals surface area contributed by atoms with Crippen LogP contribution < -0.4 is 4.90 Å². The largest absolute Gasteiger partial charge is 0.367 e. The van der Waals surface area contributed by atoms with Gasteiger partial charge >= 0.3 is 0 Å². The Morgan fingerprint density at radius 1 is 0.917 bits per heavy atom. The number of fused-ring (bicyclic) bond motifs is 2. The molecule has 0 unspecified atom stereocenters. The molecule has 0 aliphatic carbocycles. The molecule has 8 heteroatoms. The normalized spacial score (nSPS) is 15.9. The van der Waals surface area contributed by atoms with Crippen molar-refractivity contribution in [1.82, 2.24) is 19.4 Å². The maximum absolute atomic E-state index is 13.2. The molecule has 0 N–H and O–H groups in total. The molecule has 0 atom stereocenters. The van der Waals surface area contributed by atoms with Gasteiger partial charge in [0, 0.05) is 69.4 Å². The number of benzene rings is 2. The summed E-state index contributed by atoms with van der Waals surface area (Å²) in [5.74, 6) is 1.13. The number of aromatic nitrogens is 2. The van der Waals surface area contributed by atoms with Crippen LogP contribution in [0.5, 0.6) is 0 Å². The maximum Gasteiger partial charge on any atom is 0.264 e. The van der Waals surface area contributed by atoms with E-state index >= 15 is 0 Å². The summed E-state index contributed by atoms with van der Waals surface area (Å²) in [7, 11) is 2.06. The van der Waals surface area contributed by atoms with Crippen molar-refractivity contribution in [3.8, 4) is 11.4 Å². The summed E-state index contributed by atoms with van der Waals surface area (Å²) in [5, 5.41) is 0. The number of aryl methyl sites for hydroxylation is 1. The number of carbonyl (C=O) groups is 2. The van der Waals surface area contributed by atoms with Crippen molar-refractivity contribution in [2.24, 2.45) is 7.05 Å². The van der Waals surface area contributed by atoms with E-state index < -0.39 is 0 Å². The Kier molecular flexibility index (Phi) is 5.76. The Hall–Kier alpha value is -3.65. The summed E-state index contributed by atoms with van der Waals surface area (Å²) in [5.41, 5.74) is 5.64. The molecule has 2 aromatic heterocycles. The van der Waals surface area contributed by atoms with E-state index in [1.807, 2.05) is 28.0 Å². The van der Waals surface area contributed by atoms with Crippen LogP contribution in [0.3, 0.4) is 0 Å². The average Bonchev–Trinajstić information content (AvgIpc) is 3.49. The van der Waals surface area contributed by atoms with Gasteiger partial charge in [-0.1, -0.05) is 24.3 Å². The van der Waals surface area contributed by atoms with E-state index in [2.05, 4.69) is 52.9 Å². The molecule has 2 aliphatic rings. The standard InChI is InChI=1S/C28H29N5O2S/c1-19(34)31-12-14-32(15-13-31)28(35)26-17-21-18-33(11-10-25(21)36-26)22-7-5-6-20(16-22)27-29-23-8-3-4-9-24(23)30(27)2/h3-9,16-17H,10-15,18H2,1-2H3. The highest BCUT2D eigenvalue weighted by molar-refractivity contribution is 7.14. The fourth-order valence-corrected chi connectivity index (χ4v) is 6.42. The smallest absolute Gasteiger partial charge is 0.264 e. The van der Waals surface area contributed by atoms with Crippen LogP contribution in [0.25, 0.3) is 22.4 Å². The Morgan fingerprint density at radius 3 is 2.47 bits per heavy atom. The summed E-state index contributed by atoms with van der Waals surface area (Å²) in [6, 6.07) is 18.9. The van der Waals surface area contributed by atoms with Crippen LogP contribution in [-0.2, 0) is 24.8 Å². The summed E-state index contributed by atoms with van der Waals surface area (Å²) < 4.78 is 2.15. The first-order chi connectivity index (χ1) is 17.5. The number of nitrogens with zero attached hydrogens (tertiary/aromatic N) is 5. The average molecular weight is 500 g/mol. The molecule has 2 aliphatic heterocycles. The van der Waals surface area contributed by atoms with Crippen LogP contribution in [0.15, 0.2) is 54.6 Å². The van der Waals surface area contributed by atoms with Gasteiger partial charge in [0.25, 0.3) is 5.91 Å². The minimum Gasteiger partial charge on any atom is -0.367 e. The number of para-hydroxylation sites is 2. The van der Waals surface area contributed by atoms with Gasteiger partial charge in [0.05, 0.1) is 15.9 Å². The molecule has 7 nitrogen and oxygen atoms in total. The van der Waals surface area contributed by atoms with Crippen molar-refractivity contribution in [2.45, 2.75) is 19.9 Å². The quantitative estimate of drug-likeness (QED) is 0.425. The molecule has 0 bridgehead atoms. The third kappa shape index (κ3) is 4.05. The number of anilines is 1. The number of hydrogen-bond acceptors (Lipinski definition) is 5. The second-order valence-corrected chi connectivity index (χ2v) is 10.7. The first-order valence-corrected chi connectivity index (χ1v) is 13.2.